The number of hydrogen-bond donors (Lipinski definition) is 0. The first-order valence-corrected chi connectivity index (χ1v) is 9.53. The molecule has 1 aromatic carbocycles. The molecular formula is C20H20FN5O3. The van der Waals surface area contributed by atoms with Gasteiger partial charge < -0.3 is 14.4 Å². The lowest BCUT2D eigenvalue weighted by atomic mass is 10.2. The van der Waals surface area contributed by atoms with Crippen molar-refractivity contribution in [3.8, 4) is 17.4 Å². The molecule has 29 heavy (non-hydrogen) atoms. The van der Waals surface area contributed by atoms with E-state index in [-0.39, 0.29) is 23.9 Å². The number of fused-ring (bicyclic) bond motifs is 3. The number of halogens is 1. The molecule has 5 rings (SSSR count). The number of nitrogens with zero attached hydrogens (tertiary/aromatic N) is 5. The topological polar surface area (TPSA) is 74.4 Å². The molecule has 4 heterocycles. The van der Waals surface area contributed by atoms with E-state index >= 15 is 0 Å². The average Bonchev–Trinajstić information content (AvgIpc) is 3.39. The van der Waals surface area contributed by atoms with Gasteiger partial charge in [-0.05, 0) is 30.5 Å². The minimum atomic E-state index is -0.503. The monoisotopic (exact) mass is 397 g/mol. The van der Waals surface area contributed by atoms with Crippen LogP contribution in [-0.4, -0.2) is 31.9 Å². The number of anilines is 1. The number of aryl methyl sites for hydroxylation is 1. The van der Waals surface area contributed by atoms with Crippen molar-refractivity contribution in [3.05, 3.63) is 58.5 Å². The van der Waals surface area contributed by atoms with Crippen LogP contribution in [0.15, 0.2) is 41.5 Å². The normalized spacial score (nSPS) is 17.3. The van der Waals surface area contributed by atoms with Gasteiger partial charge in [-0.3, -0.25) is 9.25 Å². The van der Waals surface area contributed by atoms with Gasteiger partial charge in [-0.1, -0.05) is 6.07 Å². The van der Waals surface area contributed by atoms with E-state index in [4.69, 9.17) is 9.47 Å². The Hall–Kier alpha value is -3.36. The van der Waals surface area contributed by atoms with Crippen LogP contribution >= 0.6 is 0 Å². The third-order valence-electron chi connectivity index (χ3n) is 5.32. The highest BCUT2D eigenvalue weighted by molar-refractivity contribution is 5.48. The van der Waals surface area contributed by atoms with E-state index < -0.39 is 5.82 Å². The number of ether oxygens (including phenoxy) is 2. The van der Waals surface area contributed by atoms with Gasteiger partial charge in [0.15, 0.2) is 17.3 Å². The maximum absolute atomic E-state index is 14.4. The Morgan fingerprint density at radius 2 is 2.21 bits per heavy atom. The molecule has 0 amide bonds. The molecular weight excluding hydrogens is 377 g/mol. The van der Waals surface area contributed by atoms with Gasteiger partial charge in [0.25, 0.3) is 0 Å². The minimum absolute atomic E-state index is 0.101. The maximum Gasteiger partial charge on any atom is 0.352 e. The fourth-order valence-electron chi connectivity index (χ4n) is 3.95. The summed E-state index contributed by atoms with van der Waals surface area (Å²) in [6.07, 6.45) is 5.38. The van der Waals surface area contributed by atoms with Crippen LogP contribution in [0.25, 0.3) is 0 Å². The molecule has 0 N–H and O–H groups in total. The lowest BCUT2D eigenvalue weighted by molar-refractivity contribution is 0.290. The summed E-state index contributed by atoms with van der Waals surface area (Å²) in [5.41, 5.74) is 0.306. The highest BCUT2D eigenvalue weighted by atomic mass is 19.1. The van der Waals surface area contributed by atoms with Crippen LogP contribution in [0, 0.1) is 5.82 Å². The highest BCUT2D eigenvalue weighted by Gasteiger charge is 2.34. The smallest absolute Gasteiger partial charge is 0.352 e. The van der Waals surface area contributed by atoms with E-state index in [1.165, 1.54) is 12.3 Å². The lowest BCUT2D eigenvalue weighted by Crippen LogP contribution is -2.24. The summed E-state index contributed by atoms with van der Waals surface area (Å²) in [6, 6.07) is 6.78. The van der Waals surface area contributed by atoms with Gasteiger partial charge in [0.1, 0.15) is 12.4 Å². The summed E-state index contributed by atoms with van der Waals surface area (Å²) >= 11 is 0. The number of aromatic nitrogens is 4. The third kappa shape index (κ3) is 3.32. The molecule has 0 aliphatic carbocycles. The molecule has 0 spiro atoms. The Morgan fingerprint density at radius 1 is 1.31 bits per heavy atom. The van der Waals surface area contributed by atoms with Crippen molar-refractivity contribution in [2.75, 3.05) is 11.4 Å². The van der Waals surface area contributed by atoms with Gasteiger partial charge in [-0.25, -0.2) is 9.18 Å². The van der Waals surface area contributed by atoms with Gasteiger partial charge >= 0.3 is 5.69 Å². The van der Waals surface area contributed by atoms with Gasteiger partial charge in [0.05, 0.1) is 12.4 Å². The second kappa shape index (κ2) is 6.91. The Morgan fingerprint density at radius 3 is 3.00 bits per heavy atom. The zero-order valence-corrected chi connectivity index (χ0v) is 15.9. The third-order valence-corrected chi connectivity index (χ3v) is 5.32. The summed E-state index contributed by atoms with van der Waals surface area (Å²) in [5, 5.41) is 3.99. The Labute approximate surface area is 166 Å². The van der Waals surface area contributed by atoms with Gasteiger partial charge in [0, 0.05) is 32.2 Å². The van der Waals surface area contributed by atoms with Crippen LogP contribution in [-0.2, 0) is 20.2 Å². The Kier molecular flexibility index (Phi) is 4.22. The van der Waals surface area contributed by atoms with Crippen LogP contribution in [0.3, 0.4) is 0 Å². The summed E-state index contributed by atoms with van der Waals surface area (Å²) in [6.45, 7) is 1.73. The molecule has 0 bridgehead atoms. The van der Waals surface area contributed by atoms with Crippen molar-refractivity contribution >= 4 is 5.82 Å². The lowest BCUT2D eigenvalue weighted by Gasteiger charge is -2.17. The number of hydrogen-bond acceptors (Lipinski definition) is 6. The van der Waals surface area contributed by atoms with Crippen molar-refractivity contribution < 1.29 is 13.9 Å². The molecule has 2 aromatic heterocycles. The summed E-state index contributed by atoms with van der Waals surface area (Å²) < 4.78 is 28.8. The predicted octanol–water partition coefficient (Wildman–Crippen LogP) is 2.47. The standard InChI is InChI=1S/C20H20FN5O3/c1-24-11-15(9-22-24)29-17-5-4-13(7-16(17)21)12-28-18-8-19-25-6-2-3-14(25)10-26(19)20(27)23-18/h4-5,7-9,11,14H,2-3,6,10,12H2,1H3/t14-/m1/s1. The van der Waals surface area contributed by atoms with Crippen molar-refractivity contribution in [1.82, 2.24) is 19.3 Å². The molecule has 9 heteroatoms. The highest BCUT2D eigenvalue weighted by Crippen LogP contribution is 2.33. The van der Waals surface area contributed by atoms with Crippen molar-refractivity contribution in [2.45, 2.75) is 32.0 Å². The van der Waals surface area contributed by atoms with E-state index in [1.807, 2.05) is 0 Å². The molecule has 2 aliphatic heterocycles. The molecule has 3 aromatic rings. The van der Waals surface area contributed by atoms with Crippen LogP contribution in [0.2, 0.25) is 0 Å². The second-order valence-corrected chi connectivity index (χ2v) is 7.34. The van der Waals surface area contributed by atoms with Crippen LogP contribution in [0.5, 0.6) is 17.4 Å². The molecule has 1 atom stereocenters. The molecule has 0 unspecified atom stereocenters. The van der Waals surface area contributed by atoms with E-state index in [0.29, 0.717) is 23.9 Å². The van der Waals surface area contributed by atoms with E-state index in [9.17, 15) is 9.18 Å². The predicted molar refractivity (Wildman–Crippen MR) is 103 cm³/mol. The van der Waals surface area contributed by atoms with Crippen LogP contribution in [0.4, 0.5) is 10.2 Å². The van der Waals surface area contributed by atoms with E-state index in [0.717, 1.165) is 25.2 Å². The Balaban J connectivity index is 1.29. The van der Waals surface area contributed by atoms with Gasteiger partial charge in [0.2, 0.25) is 5.88 Å². The molecule has 2 aliphatic rings. The molecule has 1 saturated heterocycles. The molecule has 8 nitrogen and oxygen atoms in total. The summed E-state index contributed by atoms with van der Waals surface area (Å²) in [4.78, 5) is 18.6. The minimum Gasteiger partial charge on any atom is -0.473 e. The van der Waals surface area contributed by atoms with E-state index in [1.54, 1.807) is 40.7 Å². The fraction of sp³-hybridized carbons (Fsp3) is 0.350. The summed E-state index contributed by atoms with van der Waals surface area (Å²) in [5.74, 6) is 1.17. The SMILES string of the molecule is Cn1cc(Oc2ccc(COc3cc4n(c(=O)n3)C[C@H]3CCCN43)cc2F)cn1. The first kappa shape index (κ1) is 17.7. The first-order valence-electron chi connectivity index (χ1n) is 9.53. The van der Waals surface area contributed by atoms with Gasteiger partial charge in [-0.2, -0.15) is 10.1 Å². The van der Waals surface area contributed by atoms with Crippen molar-refractivity contribution in [3.63, 3.8) is 0 Å². The first-order chi connectivity index (χ1) is 14.1. The number of benzene rings is 1. The zero-order chi connectivity index (χ0) is 20.0. The second-order valence-electron chi connectivity index (χ2n) is 7.34. The molecule has 150 valence electrons. The average molecular weight is 397 g/mol. The Bertz CT molecular complexity index is 1130. The quantitative estimate of drug-likeness (QED) is 0.659. The largest absolute Gasteiger partial charge is 0.473 e. The number of rotatable bonds is 5. The molecule has 0 radical (unpaired) electrons. The van der Waals surface area contributed by atoms with E-state index in [2.05, 4.69) is 15.0 Å². The van der Waals surface area contributed by atoms with Crippen LogP contribution < -0.4 is 20.1 Å². The van der Waals surface area contributed by atoms with Crippen LogP contribution in [0.1, 0.15) is 18.4 Å². The fourth-order valence-corrected chi connectivity index (χ4v) is 3.95. The maximum atomic E-state index is 14.4. The van der Waals surface area contributed by atoms with Crippen molar-refractivity contribution in [2.24, 2.45) is 7.05 Å². The molecule has 0 saturated carbocycles. The zero-order valence-electron chi connectivity index (χ0n) is 15.9. The van der Waals surface area contributed by atoms with Crippen molar-refractivity contribution in [1.29, 1.82) is 0 Å². The van der Waals surface area contributed by atoms with Gasteiger partial charge in [-0.15, -0.1) is 0 Å². The summed E-state index contributed by atoms with van der Waals surface area (Å²) in [7, 11) is 1.76. The molecule has 1 fully saturated rings.